The van der Waals surface area contributed by atoms with E-state index in [1.165, 1.54) is 5.75 Å². The van der Waals surface area contributed by atoms with Crippen LogP contribution in [0.1, 0.15) is 6.92 Å². The predicted molar refractivity (Wildman–Crippen MR) is 49.8 cm³/mol. The highest BCUT2D eigenvalue weighted by atomic mass is 127. The third-order valence-electron chi connectivity index (χ3n) is 1.05. The van der Waals surface area contributed by atoms with Gasteiger partial charge in [0.05, 0.1) is 5.55 Å². The van der Waals surface area contributed by atoms with Gasteiger partial charge >= 0.3 is 0 Å². The molecule has 8 heavy (non-hydrogen) atoms. The van der Waals surface area contributed by atoms with Crippen molar-refractivity contribution in [1.29, 1.82) is 0 Å². The number of hydrogen-bond donors (Lipinski definition) is 0. The highest BCUT2D eigenvalue weighted by Gasteiger charge is 2.12. The van der Waals surface area contributed by atoms with Gasteiger partial charge in [-0.1, -0.05) is 6.92 Å². The fourth-order valence-electron chi connectivity index (χ4n) is 0.479. The quantitative estimate of drug-likeness (QED) is 0.626. The van der Waals surface area contributed by atoms with Gasteiger partial charge in [0.2, 0.25) is 0 Å². The first-order chi connectivity index (χ1) is 3.77. The summed E-state index contributed by atoms with van der Waals surface area (Å²) in [7, 11) is -0.544. The standard InChI is InChI=1S/C5H8INS/c1-2-8(6)4-3-7-5-8/h3-5H,2H2,1H3. The first kappa shape index (κ1) is 6.61. The van der Waals surface area contributed by atoms with Gasteiger partial charge in [-0.2, -0.15) is 0 Å². The lowest BCUT2D eigenvalue weighted by Crippen LogP contribution is -1.85. The van der Waals surface area contributed by atoms with E-state index < -0.39 is 7.20 Å². The molecule has 0 amide bonds. The summed E-state index contributed by atoms with van der Waals surface area (Å²) >= 11 is 2.48. The second-order valence-corrected chi connectivity index (χ2v) is 9.08. The molecular weight excluding hydrogens is 233 g/mol. The summed E-state index contributed by atoms with van der Waals surface area (Å²) in [5.41, 5.74) is 2.06. The van der Waals surface area contributed by atoms with Gasteiger partial charge in [0.15, 0.2) is 0 Å². The van der Waals surface area contributed by atoms with Gasteiger partial charge in [0.1, 0.15) is 0 Å². The monoisotopic (exact) mass is 241 g/mol. The molecule has 46 valence electrons. The number of hydrogen-bond acceptors (Lipinski definition) is 1. The van der Waals surface area contributed by atoms with Gasteiger partial charge in [-0.05, 0) is 32.4 Å². The van der Waals surface area contributed by atoms with Crippen molar-refractivity contribution in [1.82, 2.24) is 0 Å². The average Bonchev–Trinajstić information content (AvgIpc) is 2.17. The van der Waals surface area contributed by atoms with Crippen LogP contribution in [0.3, 0.4) is 0 Å². The fourth-order valence-corrected chi connectivity index (χ4v) is 2.22. The summed E-state index contributed by atoms with van der Waals surface area (Å²) < 4.78 is 0. The molecule has 3 heteroatoms. The minimum atomic E-state index is -0.544. The van der Waals surface area contributed by atoms with Crippen LogP contribution in [0.2, 0.25) is 0 Å². The summed E-state index contributed by atoms with van der Waals surface area (Å²) in [4.78, 5) is 4.03. The molecule has 0 aliphatic carbocycles. The van der Waals surface area contributed by atoms with Crippen molar-refractivity contribution in [3.63, 3.8) is 0 Å². The molecule has 1 aliphatic heterocycles. The summed E-state index contributed by atoms with van der Waals surface area (Å²) in [6.07, 6.45) is 1.89. The third kappa shape index (κ3) is 1.25. The highest BCUT2D eigenvalue weighted by Crippen LogP contribution is 2.56. The van der Waals surface area contributed by atoms with Crippen LogP contribution in [0.25, 0.3) is 0 Å². The molecule has 0 bridgehead atoms. The Bertz CT molecular complexity index is 129. The summed E-state index contributed by atoms with van der Waals surface area (Å²) in [5.74, 6) is 1.22. The van der Waals surface area contributed by atoms with E-state index in [1.54, 1.807) is 0 Å². The van der Waals surface area contributed by atoms with E-state index in [4.69, 9.17) is 0 Å². The largest absolute Gasteiger partial charge is 0.258 e. The fraction of sp³-hybridized carbons (Fsp3) is 0.400. The average molecular weight is 241 g/mol. The van der Waals surface area contributed by atoms with E-state index in [-0.39, 0.29) is 0 Å². The molecule has 0 saturated heterocycles. The molecule has 0 aromatic carbocycles. The van der Waals surface area contributed by atoms with Crippen LogP contribution in [0.15, 0.2) is 16.6 Å². The Balaban J connectivity index is 2.69. The first-order valence-corrected chi connectivity index (χ1v) is 6.94. The van der Waals surface area contributed by atoms with Crippen LogP contribution in [-0.4, -0.2) is 11.3 Å². The van der Waals surface area contributed by atoms with Gasteiger partial charge in [-0.25, -0.2) is 0 Å². The molecule has 0 aromatic heterocycles. The molecule has 0 spiro atoms. The van der Waals surface area contributed by atoms with E-state index in [9.17, 15) is 0 Å². The van der Waals surface area contributed by atoms with Gasteiger partial charge in [-0.3, -0.25) is 4.99 Å². The first-order valence-electron chi connectivity index (χ1n) is 2.47. The Kier molecular flexibility index (Phi) is 1.97. The van der Waals surface area contributed by atoms with Gasteiger partial charge in [0, 0.05) is 6.20 Å². The molecule has 1 nitrogen and oxygen atoms in total. The minimum absolute atomic E-state index is 0.544. The van der Waals surface area contributed by atoms with Crippen molar-refractivity contribution in [2.24, 2.45) is 4.99 Å². The lowest BCUT2D eigenvalue weighted by atomic mass is 11.0. The molecule has 0 N–H and O–H groups in total. The van der Waals surface area contributed by atoms with E-state index in [1.807, 2.05) is 6.20 Å². The Morgan fingerprint density at radius 1 is 1.75 bits per heavy atom. The van der Waals surface area contributed by atoms with Gasteiger partial charge in [0.25, 0.3) is 0 Å². The molecule has 0 aromatic rings. The van der Waals surface area contributed by atoms with Crippen molar-refractivity contribution in [3.8, 4) is 0 Å². The maximum absolute atomic E-state index is 4.03. The second kappa shape index (κ2) is 2.39. The maximum Gasteiger partial charge on any atom is 0.0548 e. The maximum atomic E-state index is 4.03. The van der Waals surface area contributed by atoms with Crippen LogP contribution < -0.4 is 0 Å². The summed E-state index contributed by atoms with van der Waals surface area (Å²) in [6.45, 7) is 2.20. The predicted octanol–water partition coefficient (Wildman–Crippen LogP) is 2.67. The molecule has 1 atom stereocenters. The number of aliphatic imine (C=N–C) groups is 1. The third-order valence-corrected chi connectivity index (χ3v) is 6.41. The lowest BCUT2D eigenvalue weighted by Gasteiger charge is -2.17. The highest BCUT2D eigenvalue weighted by molar-refractivity contribution is 14.2. The van der Waals surface area contributed by atoms with E-state index >= 15 is 0 Å². The van der Waals surface area contributed by atoms with Crippen molar-refractivity contribution in [3.05, 3.63) is 11.6 Å². The molecule has 1 aliphatic rings. The Hall–Kier alpha value is 0.490. The van der Waals surface area contributed by atoms with Crippen molar-refractivity contribution in [2.75, 3.05) is 5.75 Å². The van der Waals surface area contributed by atoms with Crippen LogP contribution in [0.5, 0.6) is 0 Å². The topological polar surface area (TPSA) is 12.4 Å². The second-order valence-electron chi connectivity index (χ2n) is 1.59. The van der Waals surface area contributed by atoms with Gasteiger partial charge < -0.3 is 0 Å². The zero-order chi connectivity index (χ0) is 6.04. The number of rotatable bonds is 1. The van der Waals surface area contributed by atoms with Crippen LogP contribution in [0.4, 0.5) is 0 Å². The van der Waals surface area contributed by atoms with Crippen molar-refractivity contribution in [2.45, 2.75) is 6.92 Å². The summed E-state index contributed by atoms with van der Waals surface area (Å²) in [6, 6.07) is 0. The molecule has 0 radical (unpaired) electrons. The normalized spacial score (nSPS) is 42.2. The molecule has 0 saturated carbocycles. The zero-order valence-corrected chi connectivity index (χ0v) is 7.65. The van der Waals surface area contributed by atoms with Gasteiger partial charge in [-0.15, -0.1) is 7.20 Å². The number of nitrogens with zero attached hydrogens (tertiary/aromatic N) is 1. The van der Waals surface area contributed by atoms with Crippen LogP contribution in [-0.2, 0) is 0 Å². The van der Waals surface area contributed by atoms with Crippen molar-refractivity contribution < 1.29 is 0 Å². The molecule has 1 unspecified atom stereocenters. The summed E-state index contributed by atoms with van der Waals surface area (Å²) in [5, 5.41) is 2.20. The molecular formula is C5H8INS. The smallest absolute Gasteiger partial charge is 0.0548 e. The molecule has 0 fully saturated rings. The Morgan fingerprint density at radius 2 is 2.50 bits per heavy atom. The molecule has 1 heterocycles. The Labute approximate surface area is 63.2 Å². The van der Waals surface area contributed by atoms with Crippen LogP contribution >= 0.6 is 28.4 Å². The van der Waals surface area contributed by atoms with Crippen molar-refractivity contribution >= 4 is 34.0 Å². The SMILES string of the molecule is CCS1(I)C=CN=C1. The van der Waals surface area contributed by atoms with Crippen LogP contribution in [0, 0.1) is 0 Å². The lowest BCUT2D eigenvalue weighted by molar-refractivity contribution is 1.53. The van der Waals surface area contributed by atoms with E-state index in [0.717, 1.165) is 0 Å². The minimum Gasteiger partial charge on any atom is -0.258 e. The number of halogens is 1. The molecule has 1 rings (SSSR count). The van der Waals surface area contributed by atoms with E-state index in [2.05, 4.69) is 44.1 Å². The Morgan fingerprint density at radius 3 is 2.75 bits per heavy atom. The zero-order valence-electron chi connectivity index (χ0n) is 4.67. The van der Waals surface area contributed by atoms with E-state index in [0.29, 0.717) is 0 Å².